The maximum absolute atomic E-state index is 13.0. The Morgan fingerprint density at radius 3 is 1.96 bits per heavy atom. The molecule has 1 aliphatic rings. The van der Waals surface area contributed by atoms with Crippen molar-refractivity contribution in [2.45, 2.75) is 24.9 Å². The van der Waals surface area contributed by atoms with Crippen LogP contribution < -0.4 is 0 Å². The van der Waals surface area contributed by atoms with Crippen molar-refractivity contribution in [3.8, 4) is 6.07 Å². The van der Waals surface area contributed by atoms with Crippen molar-refractivity contribution in [3.63, 3.8) is 0 Å². The van der Waals surface area contributed by atoms with Gasteiger partial charge in [-0.3, -0.25) is 4.79 Å². The van der Waals surface area contributed by atoms with Crippen molar-refractivity contribution in [2.75, 3.05) is 7.11 Å². The Kier molecular flexibility index (Phi) is 4.33. The van der Waals surface area contributed by atoms with Gasteiger partial charge in [-0.25, -0.2) is 0 Å². The molecule has 2 aromatic carbocycles. The van der Waals surface area contributed by atoms with Crippen molar-refractivity contribution in [1.82, 2.24) is 0 Å². The summed E-state index contributed by atoms with van der Waals surface area (Å²) < 4.78 is 5.08. The Morgan fingerprint density at radius 1 is 1.00 bits per heavy atom. The van der Waals surface area contributed by atoms with E-state index < -0.39 is 22.5 Å². The number of hydrogen-bond acceptors (Lipinski definition) is 5. The second kappa shape index (κ2) is 6.22. The smallest absolute Gasteiger partial charge is 0.332 e. The predicted octanol–water partition coefficient (Wildman–Crippen LogP) is 4.62. The van der Waals surface area contributed by atoms with E-state index in [0.717, 1.165) is 0 Å². The number of methoxy groups -OCH3 is 1. The van der Waals surface area contributed by atoms with Crippen molar-refractivity contribution in [1.29, 1.82) is 5.26 Å². The van der Waals surface area contributed by atoms with Crippen LogP contribution in [0.3, 0.4) is 0 Å². The van der Waals surface area contributed by atoms with Crippen LogP contribution in [0.2, 0.25) is 5.02 Å². The Bertz CT molecular complexity index is 907. The topological polar surface area (TPSA) is 74.8 Å². The molecule has 0 aromatic heterocycles. The van der Waals surface area contributed by atoms with E-state index in [4.69, 9.17) is 16.3 Å². The highest BCUT2D eigenvalue weighted by Crippen LogP contribution is 2.61. The van der Waals surface area contributed by atoms with Crippen molar-refractivity contribution >= 4 is 17.6 Å². The van der Waals surface area contributed by atoms with Gasteiger partial charge < -0.3 is 4.74 Å². The molecule has 0 amide bonds. The maximum Gasteiger partial charge on any atom is 0.332 e. The number of hydrogen-bond donors (Lipinski definition) is 0. The number of rotatable bonds is 3. The molecule has 3 atom stereocenters. The Morgan fingerprint density at radius 2 is 1.50 bits per heavy atom. The fourth-order valence-electron chi connectivity index (χ4n) is 3.72. The van der Waals surface area contributed by atoms with Gasteiger partial charge in [0.25, 0.3) is 0 Å². The Hall–Kier alpha value is -2.71. The van der Waals surface area contributed by atoms with E-state index in [1.165, 1.54) is 7.11 Å². The molecule has 0 spiro atoms. The van der Waals surface area contributed by atoms with Crippen molar-refractivity contribution in [2.24, 2.45) is 15.6 Å². The first-order chi connectivity index (χ1) is 12.4. The molecule has 0 saturated heterocycles. The minimum atomic E-state index is -1.68. The number of nitrogens with zero attached hydrogens (tertiary/aromatic N) is 3. The number of nitriles is 1. The minimum absolute atomic E-state index is 0.554. The van der Waals surface area contributed by atoms with Crippen LogP contribution in [-0.4, -0.2) is 13.1 Å². The number of carbonyl (C=O) groups is 1. The molecule has 5 nitrogen and oxygen atoms in total. The van der Waals surface area contributed by atoms with Crippen LogP contribution in [0.25, 0.3) is 0 Å². The molecule has 0 aliphatic carbocycles. The lowest BCUT2D eigenvalue weighted by molar-refractivity contribution is -0.155. The Labute approximate surface area is 157 Å². The molecule has 0 N–H and O–H groups in total. The Balaban J connectivity index is 2.31. The summed E-state index contributed by atoms with van der Waals surface area (Å²) in [5.41, 5.74) is -2.73. The van der Waals surface area contributed by atoms with Crippen LogP contribution >= 0.6 is 11.6 Å². The van der Waals surface area contributed by atoms with Crippen molar-refractivity contribution < 1.29 is 9.53 Å². The van der Waals surface area contributed by atoms with Gasteiger partial charge in [-0.1, -0.05) is 54.1 Å². The molecular formula is C20H18ClN3O2. The van der Waals surface area contributed by atoms with Gasteiger partial charge in [-0.2, -0.15) is 15.5 Å². The molecule has 0 bridgehead atoms. The second-order valence-corrected chi connectivity index (χ2v) is 7.01. The fourth-order valence-corrected chi connectivity index (χ4v) is 3.85. The number of halogens is 1. The molecular weight excluding hydrogens is 350 g/mol. The third-order valence-electron chi connectivity index (χ3n) is 5.31. The third-order valence-corrected chi connectivity index (χ3v) is 5.56. The summed E-state index contributed by atoms with van der Waals surface area (Å²) >= 11 is 6.00. The second-order valence-electron chi connectivity index (χ2n) is 6.57. The molecule has 0 fully saturated rings. The first-order valence-electron chi connectivity index (χ1n) is 8.11. The van der Waals surface area contributed by atoms with Gasteiger partial charge in [-0.05, 0) is 37.1 Å². The van der Waals surface area contributed by atoms with E-state index in [1.54, 1.807) is 38.1 Å². The van der Waals surface area contributed by atoms with Gasteiger partial charge in [0, 0.05) is 5.02 Å². The van der Waals surface area contributed by atoms with Gasteiger partial charge in [-0.15, -0.1) is 0 Å². The quantitative estimate of drug-likeness (QED) is 0.743. The summed E-state index contributed by atoms with van der Waals surface area (Å²) in [4.78, 5) is 13.0. The number of esters is 1. The van der Waals surface area contributed by atoms with Crippen LogP contribution in [0.1, 0.15) is 25.0 Å². The third kappa shape index (κ3) is 2.19. The molecule has 1 aliphatic heterocycles. The first kappa shape index (κ1) is 18.1. The molecule has 2 aromatic rings. The largest absolute Gasteiger partial charge is 0.468 e. The molecule has 0 saturated carbocycles. The fraction of sp³-hybridized carbons (Fsp3) is 0.300. The normalized spacial score (nSPS) is 30.0. The zero-order valence-electron chi connectivity index (χ0n) is 14.7. The summed E-state index contributed by atoms with van der Waals surface area (Å²) in [6.45, 7) is 3.47. The predicted molar refractivity (Wildman–Crippen MR) is 97.5 cm³/mol. The van der Waals surface area contributed by atoms with Crippen LogP contribution in [0.15, 0.2) is 64.8 Å². The number of ether oxygens (including phenoxy) is 1. The van der Waals surface area contributed by atoms with E-state index in [0.29, 0.717) is 16.1 Å². The molecule has 132 valence electrons. The summed E-state index contributed by atoms with van der Waals surface area (Å²) in [7, 11) is 1.27. The highest BCUT2D eigenvalue weighted by molar-refractivity contribution is 6.30. The lowest BCUT2D eigenvalue weighted by Crippen LogP contribution is -2.55. The van der Waals surface area contributed by atoms with Crippen molar-refractivity contribution in [3.05, 3.63) is 70.7 Å². The lowest BCUT2D eigenvalue weighted by Gasteiger charge is -2.41. The van der Waals surface area contributed by atoms with Gasteiger partial charge in [0.2, 0.25) is 5.41 Å². The van der Waals surface area contributed by atoms with E-state index in [-0.39, 0.29) is 0 Å². The lowest BCUT2D eigenvalue weighted by atomic mass is 9.57. The standard InChI is InChI=1S/C20H18ClN3O2/c1-18(14-7-5-4-6-8-14)20(13-22,17(25)26-3)19(2,24-23-18)15-9-11-16(21)12-10-15/h4-12H,1-3H3/t18-,19+,20+/m0/s1. The van der Waals surface area contributed by atoms with E-state index in [1.807, 2.05) is 30.3 Å². The summed E-state index contributed by atoms with van der Waals surface area (Å²) in [5.74, 6) is -0.672. The van der Waals surface area contributed by atoms with Gasteiger partial charge in [0.1, 0.15) is 11.1 Å². The number of benzene rings is 2. The molecule has 6 heteroatoms. The van der Waals surface area contributed by atoms with Gasteiger partial charge in [0.05, 0.1) is 13.2 Å². The molecule has 0 radical (unpaired) electrons. The highest BCUT2D eigenvalue weighted by atomic mass is 35.5. The average molecular weight is 368 g/mol. The average Bonchev–Trinajstić information content (AvgIpc) is 2.92. The summed E-state index contributed by atoms with van der Waals surface area (Å²) in [5, 5.41) is 19.7. The van der Waals surface area contributed by atoms with Crippen LogP contribution in [0.5, 0.6) is 0 Å². The minimum Gasteiger partial charge on any atom is -0.468 e. The van der Waals surface area contributed by atoms with E-state index in [2.05, 4.69) is 16.3 Å². The van der Waals surface area contributed by atoms with Gasteiger partial charge in [0.15, 0.2) is 0 Å². The number of carbonyl (C=O) groups excluding carboxylic acids is 1. The zero-order chi connectivity index (χ0) is 19.0. The SMILES string of the molecule is COC(=O)[C@]1(C#N)[C@](C)(c2ccccc2)N=N[C@]1(C)c1ccc(Cl)cc1. The molecule has 3 rings (SSSR count). The molecule has 1 heterocycles. The molecule has 0 unspecified atom stereocenters. The van der Waals surface area contributed by atoms with Crippen LogP contribution in [0, 0.1) is 16.7 Å². The zero-order valence-corrected chi connectivity index (χ0v) is 15.5. The van der Waals surface area contributed by atoms with E-state index in [9.17, 15) is 10.1 Å². The maximum atomic E-state index is 13.0. The summed E-state index contributed by atoms with van der Waals surface area (Å²) in [6.07, 6.45) is 0. The van der Waals surface area contributed by atoms with Gasteiger partial charge >= 0.3 is 5.97 Å². The van der Waals surface area contributed by atoms with Crippen LogP contribution in [-0.2, 0) is 20.6 Å². The highest BCUT2D eigenvalue weighted by Gasteiger charge is 2.72. The first-order valence-corrected chi connectivity index (χ1v) is 8.49. The van der Waals surface area contributed by atoms with Crippen LogP contribution in [0.4, 0.5) is 0 Å². The number of azo groups is 1. The van der Waals surface area contributed by atoms with E-state index >= 15 is 0 Å². The molecule has 26 heavy (non-hydrogen) atoms. The monoisotopic (exact) mass is 367 g/mol. The summed E-state index contributed by atoms with van der Waals surface area (Å²) in [6, 6.07) is 18.4.